The monoisotopic (exact) mass is 315 g/mol. The van der Waals surface area contributed by atoms with Gasteiger partial charge < -0.3 is 10.0 Å². The van der Waals surface area contributed by atoms with Crippen LogP contribution < -0.4 is 4.90 Å². The minimum Gasteiger partial charge on any atom is -0.392 e. The molecule has 0 aliphatic carbocycles. The molecule has 120 valence electrons. The van der Waals surface area contributed by atoms with Gasteiger partial charge in [0.05, 0.1) is 12.3 Å². The summed E-state index contributed by atoms with van der Waals surface area (Å²) in [6, 6.07) is 24.5. The summed E-state index contributed by atoms with van der Waals surface area (Å²) in [6.07, 6.45) is 1.88. The standard InChI is InChI=1S/C22H21NO/c1-3-19-9-5-7-11-22(19)23(21-10-6-4-8-17(21)2)20-14-12-18(16-24)13-15-20/h3-15,24H,1,16H2,2H3. The van der Waals surface area contributed by atoms with Crippen molar-refractivity contribution in [3.05, 3.63) is 96.1 Å². The van der Waals surface area contributed by atoms with E-state index in [9.17, 15) is 5.11 Å². The van der Waals surface area contributed by atoms with Gasteiger partial charge in [0, 0.05) is 11.4 Å². The molecule has 0 aromatic heterocycles. The maximum atomic E-state index is 9.30. The van der Waals surface area contributed by atoms with Gasteiger partial charge in [0.15, 0.2) is 0 Å². The number of aliphatic hydroxyl groups is 1. The maximum Gasteiger partial charge on any atom is 0.0681 e. The van der Waals surface area contributed by atoms with Crippen LogP contribution in [-0.4, -0.2) is 5.11 Å². The van der Waals surface area contributed by atoms with Crippen LogP contribution in [0.15, 0.2) is 79.4 Å². The summed E-state index contributed by atoms with van der Waals surface area (Å²) >= 11 is 0. The number of para-hydroxylation sites is 2. The van der Waals surface area contributed by atoms with Gasteiger partial charge >= 0.3 is 0 Å². The SMILES string of the molecule is C=Cc1ccccc1N(c1ccc(CO)cc1)c1ccccc1C. The summed E-state index contributed by atoms with van der Waals surface area (Å²) in [5.74, 6) is 0. The van der Waals surface area contributed by atoms with Gasteiger partial charge in [0.1, 0.15) is 0 Å². The molecule has 0 saturated heterocycles. The average molecular weight is 315 g/mol. The quantitative estimate of drug-likeness (QED) is 0.662. The predicted molar refractivity (Wildman–Crippen MR) is 102 cm³/mol. The molecule has 0 saturated carbocycles. The van der Waals surface area contributed by atoms with Gasteiger partial charge in [-0.05, 0) is 47.9 Å². The van der Waals surface area contributed by atoms with Crippen LogP contribution in [0.25, 0.3) is 6.08 Å². The van der Waals surface area contributed by atoms with Gasteiger partial charge in [-0.1, -0.05) is 61.2 Å². The number of nitrogens with zero attached hydrogens (tertiary/aromatic N) is 1. The van der Waals surface area contributed by atoms with Gasteiger partial charge in [-0.2, -0.15) is 0 Å². The van der Waals surface area contributed by atoms with Gasteiger partial charge in [0.2, 0.25) is 0 Å². The van der Waals surface area contributed by atoms with Crippen LogP contribution in [0.5, 0.6) is 0 Å². The van der Waals surface area contributed by atoms with E-state index in [1.165, 1.54) is 5.56 Å². The predicted octanol–water partition coefficient (Wildman–Crippen LogP) is 5.60. The Kier molecular flexibility index (Phi) is 4.78. The van der Waals surface area contributed by atoms with Gasteiger partial charge in [-0.3, -0.25) is 0 Å². The Labute approximate surface area is 143 Å². The van der Waals surface area contributed by atoms with Gasteiger partial charge in [0.25, 0.3) is 0 Å². The van der Waals surface area contributed by atoms with Crippen molar-refractivity contribution in [1.82, 2.24) is 0 Å². The lowest BCUT2D eigenvalue weighted by Gasteiger charge is -2.28. The average Bonchev–Trinajstić information content (AvgIpc) is 2.64. The van der Waals surface area contributed by atoms with E-state index < -0.39 is 0 Å². The Morgan fingerprint density at radius 3 is 2.12 bits per heavy atom. The fourth-order valence-corrected chi connectivity index (χ4v) is 2.84. The molecule has 2 nitrogen and oxygen atoms in total. The minimum atomic E-state index is 0.0495. The summed E-state index contributed by atoms with van der Waals surface area (Å²) in [5.41, 5.74) is 6.44. The van der Waals surface area contributed by atoms with E-state index in [1.807, 2.05) is 54.6 Å². The number of rotatable bonds is 5. The van der Waals surface area contributed by atoms with Crippen LogP contribution in [0.2, 0.25) is 0 Å². The Balaban J connectivity index is 2.20. The minimum absolute atomic E-state index is 0.0495. The van der Waals surface area contributed by atoms with Crippen molar-refractivity contribution in [2.24, 2.45) is 0 Å². The van der Waals surface area contributed by atoms with E-state index >= 15 is 0 Å². The van der Waals surface area contributed by atoms with E-state index in [-0.39, 0.29) is 6.61 Å². The Morgan fingerprint density at radius 1 is 0.875 bits per heavy atom. The number of aliphatic hydroxyl groups excluding tert-OH is 1. The first-order chi connectivity index (χ1) is 11.7. The van der Waals surface area contributed by atoms with Crippen molar-refractivity contribution in [3.63, 3.8) is 0 Å². The zero-order valence-corrected chi connectivity index (χ0v) is 13.8. The van der Waals surface area contributed by atoms with Gasteiger partial charge in [-0.15, -0.1) is 0 Å². The molecule has 0 fully saturated rings. The zero-order chi connectivity index (χ0) is 16.9. The summed E-state index contributed by atoms with van der Waals surface area (Å²) in [6.45, 7) is 6.11. The molecule has 0 unspecified atom stereocenters. The number of aryl methyl sites for hydroxylation is 1. The third kappa shape index (κ3) is 3.10. The van der Waals surface area contributed by atoms with E-state index in [4.69, 9.17) is 0 Å². The molecular weight excluding hydrogens is 294 g/mol. The van der Waals surface area contributed by atoms with E-state index in [1.54, 1.807) is 0 Å². The smallest absolute Gasteiger partial charge is 0.0681 e. The molecule has 1 N–H and O–H groups in total. The van der Waals surface area contributed by atoms with Crippen molar-refractivity contribution >= 4 is 23.1 Å². The molecule has 0 aliphatic rings. The second kappa shape index (κ2) is 7.16. The van der Waals surface area contributed by atoms with Crippen LogP contribution in [0.3, 0.4) is 0 Å². The highest BCUT2D eigenvalue weighted by Gasteiger charge is 2.16. The molecule has 3 aromatic rings. The van der Waals surface area contributed by atoms with E-state index in [0.29, 0.717) is 0 Å². The first-order valence-corrected chi connectivity index (χ1v) is 8.01. The van der Waals surface area contributed by atoms with Crippen molar-refractivity contribution < 1.29 is 5.11 Å². The fourth-order valence-electron chi connectivity index (χ4n) is 2.84. The Bertz CT molecular complexity index is 837. The van der Waals surface area contributed by atoms with Crippen LogP contribution in [0.4, 0.5) is 17.1 Å². The molecule has 0 heterocycles. The van der Waals surface area contributed by atoms with Crippen molar-refractivity contribution in [2.75, 3.05) is 4.90 Å². The number of anilines is 3. The molecule has 24 heavy (non-hydrogen) atoms. The normalized spacial score (nSPS) is 10.4. The highest BCUT2D eigenvalue weighted by Crippen LogP contribution is 2.38. The van der Waals surface area contributed by atoms with Crippen molar-refractivity contribution in [2.45, 2.75) is 13.5 Å². The first-order valence-electron chi connectivity index (χ1n) is 8.01. The molecular formula is C22H21NO. The molecule has 0 amide bonds. The third-order valence-corrected chi connectivity index (χ3v) is 4.13. The Morgan fingerprint density at radius 2 is 1.50 bits per heavy atom. The van der Waals surface area contributed by atoms with E-state index in [2.05, 4.69) is 42.7 Å². The first kappa shape index (κ1) is 16.0. The van der Waals surface area contributed by atoms with Crippen molar-refractivity contribution in [1.29, 1.82) is 0 Å². The molecule has 0 bridgehead atoms. The molecule has 3 rings (SSSR count). The van der Waals surface area contributed by atoms with Crippen LogP contribution in [0, 0.1) is 6.92 Å². The number of hydrogen-bond acceptors (Lipinski definition) is 2. The molecule has 0 spiro atoms. The molecule has 0 aliphatic heterocycles. The third-order valence-electron chi connectivity index (χ3n) is 4.13. The second-order valence-electron chi connectivity index (χ2n) is 5.71. The highest BCUT2D eigenvalue weighted by atomic mass is 16.3. The summed E-state index contributed by atoms with van der Waals surface area (Å²) < 4.78 is 0. The Hall–Kier alpha value is -2.84. The molecule has 2 heteroatoms. The van der Waals surface area contributed by atoms with Gasteiger partial charge in [-0.25, -0.2) is 0 Å². The highest BCUT2D eigenvalue weighted by molar-refractivity contribution is 5.83. The summed E-state index contributed by atoms with van der Waals surface area (Å²) in [5, 5.41) is 9.30. The van der Waals surface area contributed by atoms with Crippen molar-refractivity contribution in [3.8, 4) is 0 Å². The lowest BCUT2D eigenvalue weighted by molar-refractivity contribution is 0.282. The second-order valence-corrected chi connectivity index (χ2v) is 5.71. The lowest BCUT2D eigenvalue weighted by Crippen LogP contribution is -2.12. The summed E-state index contributed by atoms with van der Waals surface area (Å²) in [4.78, 5) is 2.23. The maximum absolute atomic E-state index is 9.30. The molecule has 0 atom stereocenters. The largest absolute Gasteiger partial charge is 0.392 e. The topological polar surface area (TPSA) is 23.5 Å². The number of hydrogen-bond donors (Lipinski definition) is 1. The van der Waals surface area contributed by atoms with Crippen LogP contribution >= 0.6 is 0 Å². The van der Waals surface area contributed by atoms with E-state index in [0.717, 1.165) is 28.2 Å². The lowest BCUT2D eigenvalue weighted by atomic mass is 10.1. The zero-order valence-electron chi connectivity index (χ0n) is 13.8. The molecule has 3 aromatic carbocycles. The molecule has 0 radical (unpaired) electrons. The van der Waals surface area contributed by atoms with Crippen LogP contribution in [-0.2, 0) is 6.61 Å². The number of benzene rings is 3. The van der Waals surface area contributed by atoms with Crippen LogP contribution in [0.1, 0.15) is 16.7 Å². The fraction of sp³-hybridized carbons (Fsp3) is 0.0909. The summed E-state index contributed by atoms with van der Waals surface area (Å²) in [7, 11) is 0.